The lowest BCUT2D eigenvalue weighted by molar-refractivity contribution is -0.130. The Balaban J connectivity index is 2.44. The van der Waals surface area contributed by atoms with Crippen LogP contribution >= 0.6 is 11.3 Å². The molecule has 1 heterocycles. The Hall–Kier alpha value is -0.870. The van der Waals surface area contributed by atoms with Gasteiger partial charge in [-0.3, -0.25) is 4.79 Å². The summed E-state index contributed by atoms with van der Waals surface area (Å²) in [6.07, 6.45) is 0. The van der Waals surface area contributed by atoms with Crippen molar-refractivity contribution in [3.63, 3.8) is 0 Å². The fourth-order valence-corrected chi connectivity index (χ4v) is 2.16. The van der Waals surface area contributed by atoms with Crippen LogP contribution in [-0.2, 0) is 11.3 Å². The lowest BCUT2D eigenvalue weighted by Gasteiger charge is -2.17. The lowest BCUT2D eigenvalue weighted by Crippen LogP contribution is -2.41. The molecule has 0 bridgehead atoms. The Morgan fingerprint density at radius 1 is 1.53 bits per heavy atom. The first-order chi connectivity index (χ1) is 7.02. The molecule has 0 radical (unpaired) electrons. The maximum absolute atomic E-state index is 11.6. The molecule has 0 aliphatic heterocycles. The predicted octanol–water partition coefficient (Wildman–Crippen LogP) is 1.62. The molecule has 1 N–H and O–H groups in total. The molecule has 1 amide bonds. The maximum atomic E-state index is 11.6. The van der Waals surface area contributed by atoms with Gasteiger partial charge in [-0.15, -0.1) is 0 Å². The zero-order valence-electron chi connectivity index (χ0n) is 9.70. The minimum atomic E-state index is -0.126. The molecule has 1 aromatic rings. The molecule has 1 aromatic heterocycles. The van der Waals surface area contributed by atoms with Crippen LogP contribution in [0.25, 0.3) is 0 Å². The second-order valence-corrected chi connectivity index (χ2v) is 4.66. The third-order valence-corrected chi connectivity index (χ3v) is 3.28. The van der Waals surface area contributed by atoms with E-state index in [1.807, 2.05) is 6.92 Å². The maximum Gasteiger partial charge on any atom is 0.238 e. The van der Waals surface area contributed by atoms with Crippen LogP contribution < -0.4 is 5.32 Å². The van der Waals surface area contributed by atoms with Crippen molar-refractivity contribution in [1.29, 1.82) is 0 Å². The van der Waals surface area contributed by atoms with E-state index in [4.69, 9.17) is 0 Å². The van der Waals surface area contributed by atoms with Gasteiger partial charge in [-0.1, -0.05) is 0 Å². The summed E-state index contributed by atoms with van der Waals surface area (Å²) in [7, 11) is 3.55. The van der Waals surface area contributed by atoms with Crippen molar-refractivity contribution < 1.29 is 4.79 Å². The summed E-state index contributed by atoms with van der Waals surface area (Å²) in [4.78, 5) is 13.2. The summed E-state index contributed by atoms with van der Waals surface area (Å²) < 4.78 is 0. The number of amides is 1. The van der Waals surface area contributed by atoms with Crippen LogP contribution in [0.4, 0.5) is 0 Å². The molecule has 1 rings (SSSR count). The van der Waals surface area contributed by atoms with Gasteiger partial charge < -0.3 is 10.2 Å². The van der Waals surface area contributed by atoms with Crippen LogP contribution in [0.2, 0.25) is 0 Å². The SMILES string of the molecule is Cc1cscc1CNC(C)C(=O)N(C)C. The Bertz CT molecular complexity index is 333. The first kappa shape index (κ1) is 12.2. The van der Waals surface area contributed by atoms with Crippen LogP contribution in [0.15, 0.2) is 10.8 Å². The molecular formula is C11H18N2OS. The van der Waals surface area contributed by atoms with E-state index in [0.717, 1.165) is 6.54 Å². The third kappa shape index (κ3) is 3.32. The van der Waals surface area contributed by atoms with E-state index >= 15 is 0 Å². The number of hydrogen-bond acceptors (Lipinski definition) is 3. The van der Waals surface area contributed by atoms with Crippen molar-refractivity contribution in [2.24, 2.45) is 0 Å². The summed E-state index contributed by atoms with van der Waals surface area (Å²) in [5, 5.41) is 7.46. The van der Waals surface area contributed by atoms with E-state index in [0.29, 0.717) is 0 Å². The zero-order valence-corrected chi connectivity index (χ0v) is 10.5. The van der Waals surface area contributed by atoms with Crippen molar-refractivity contribution in [1.82, 2.24) is 10.2 Å². The van der Waals surface area contributed by atoms with Gasteiger partial charge in [0.1, 0.15) is 0 Å². The standard InChI is InChI=1S/C11H18N2OS/c1-8-6-15-7-10(8)5-12-9(2)11(14)13(3)4/h6-7,9,12H,5H2,1-4H3. The fourth-order valence-electron chi connectivity index (χ4n) is 1.31. The minimum Gasteiger partial charge on any atom is -0.347 e. The highest BCUT2D eigenvalue weighted by Gasteiger charge is 2.13. The molecule has 1 atom stereocenters. The Morgan fingerprint density at radius 3 is 2.67 bits per heavy atom. The second-order valence-electron chi connectivity index (χ2n) is 3.92. The third-order valence-electron chi connectivity index (χ3n) is 2.37. The van der Waals surface area contributed by atoms with Crippen LogP contribution in [0.3, 0.4) is 0 Å². The van der Waals surface area contributed by atoms with Crippen LogP contribution in [-0.4, -0.2) is 30.9 Å². The first-order valence-electron chi connectivity index (χ1n) is 4.98. The summed E-state index contributed by atoms with van der Waals surface area (Å²) >= 11 is 1.70. The van der Waals surface area contributed by atoms with Crippen LogP contribution in [0.5, 0.6) is 0 Å². The van der Waals surface area contributed by atoms with E-state index in [9.17, 15) is 4.79 Å². The Morgan fingerprint density at radius 2 is 2.20 bits per heavy atom. The number of nitrogens with one attached hydrogen (secondary N) is 1. The summed E-state index contributed by atoms with van der Waals surface area (Å²) in [6.45, 7) is 4.74. The number of likely N-dealkylation sites (N-methyl/N-ethyl adjacent to an activating group) is 1. The predicted molar refractivity (Wildman–Crippen MR) is 64.1 cm³/mol. The number of carbonyl (C=O) groups excluding carboxylic acids is 1. The molecular weight excluding hydrogens is 208 g/mol. The number of hydrogen-bond donors (Lipinski definition) is 1. The molecule has 4 heteroatoms. The van der Waals surface area contributed by atoms with Crippen molar-refractivity contribution in [2.75, 3.05) is 14.1 Å². The lowest BCUT2D eigenvalue weighted by atomic mass is 10.2. The first-order valence-corrected chi connectivity index (χ1v) is 5.93. The summed E-state index contributed by atoms with van der Waals surface area (Å²) in [6, 6.07) is -0.126. The van der Waals surface area contributed by atoms with E-state index in [-0.39, 0.29) is 11.9 Å². The summed E-state index contributed by atoms with van der Waals surface area (Å²) in [5.41, 5.74) is 2.57. The molecule has 0 aromatic carbocycles. The molecule has 0 fully saturated rings. The van der Waals surface area contributed by atoms with Gasteiger partial charge >= 0.3 is 0 Å². The molecule has 0 spiro atoms. The highest BCUT2D eigenvalue weighted by atomic mass is 32.1. The van der Waals surface area contributed by atoms with Gasteiger partial charge in [-0.05, 0) is 35.7 Å². The van der Waals surface area contributed by atoms with Gasteiger partial charge in [0, 0.05) is 20.6 Å². The molecule has 0 aliphatic rings. The average molecular weight is 226 g/mol. The largest absolute Gasteiger partial charge is 0.347 e. The number of carbonyl (C=O) groups is 1. The second kappa shape index (κ2) is 5.28. The van der Waals surface area contributed by atoms with Gasteiger partial charge in [-0.2, -0.15) is 11.3 Å². The molecule has 0 saturated heterocycles. The number of nitrogens with zero attached hydrogens (tertiary/aromatic N) is 1. The highest BCUT2D eigenvalue weighted by molar-refractivity contribution is 7.08. The quantitative estimate of drug-likeness (QED) is 0.846. The van der Waals surface area contributed by atoms with Gasteiger partial charge in [-0.25, -0.2) is 0 Å². The van der Waals surface area contributed by atoms with Crippen LogP contribution in [0, 0.1) is 6.92 Å². The molecule has 84 valence electrons. The van der Waals surface area contributed by atoms with Crippen molar-refractivity contribution in [2.45, 2.75) is 26.4 Å². The zero-order chi connectivity index (χ0) is 11.4. The van der Waals surface area contributed by atoms with E-state index in [1.54, 1.807) is 30.3 Å². The smallest absolute Gasteiger partial charge is 0.238 e. The van der Waals surface area contributed by atoms with Gasteiger partial charge in [0.15, 0.2) is 0 Å². The van der Waals surface area contributed by atoms with Crippen molar-refractivity contribution in [3.8, 4) is 0 Å². The molecule has 0 aliphatic carbocycles. The van der Waals surface area contributed by atoms with E-state index in [2.05, 4.69) is 23.0 Å². The number of aryl methyl sites for hydroxylation is 1. The molecule has 1 unspecified atom stereocenters. The minimum absolute atomic E-state index is 0.114. The van der Waals surface area contributed by atoms with E-state index < -0.39 is 0 Å². The molecule has 0 saturated carbocycles. The highest BCUT2D eigenvalue weighted by Crippen LogP contribution is 2.13. The number of rotatable bonds is 4. The normalized spacial score (nSPS) is 12.5. The molecule has 15 heavy (non-hydrogen) atoms. The van der Waals surface area contributed by atoms with Gasteiger partial charge in [0.2, 0.25) is 5.91 Å². The monoisotopic (exact) mass is 226 g/mol. The van der Waals surface area contributed by atoms with Gasteiger partial charge in [0.25, 0.3) is 0 Å². The fraction of sp³-hybridized carbons (Fsp3) is 0.545. The van der Waals surface area contributed by atoms with Crippen molar-refractivity contribution in [3.05, 3.63) is 21.9 Å². The number of thiophene rings is 1. The Labute approximate surface area is 95.1 Å². The van der Waals surface area contributed by atoms with E-state index in [1.165, 1.54) is 11.1 Å². The topological polar surface area (TPSA) is 32.3 Å². The summed E-state index contributed by atoms with van der Waals surface area (Å²) in [5.74, 6) is 0.114. The van der Waals surface area contributed by atoms with Crippen molar-refractivity contribution >= 4 is 17.2 Å². The van der Waals surface area contributed by atoms with Crippen LogP contribution in [0.1, 0.15) is 18.1 Å². The Kier molecular flexibility index (Phi) is 4.29. The van der Waals surface area contributed by atoms with Gasteiger partial charge in [0.05, 0.1) is 6.04 Å². The average Bonchev–Trinajstić information content (AvgIpc) is 2.59. The molecule has 3 nitrogen and oxygen atoms in total.